The van der Waals surface area contributed by atoms with Gasteiger partial charge in [0.25, 0.3) is 5.91 Å². The lowest BCUT2D eigenvalue weighted by Gasteiger charge is -2.16. The molecule has 3 rings (SSSR count). The van der Waals surface area contributed by atoms with Crippen molar-refractivity contribution in [3.8, 4) is 0 Å². The van der Waals surface area contributed by atoms with Crippen LogP contribution in [0.3, 0.4) is 0 Å². The third-order valence-electron chi connectivity index (χ3n) is 3.40. The highest BCUT2D eigenvalue weighted by Crippen LogP contribution is 2.24. The van der Waals surface area contributed by atoms with E-state index in [4.69, 9.17) is 0 Å². The van der Waals surface area contributed by atoms with Crippen molar-refractivity contribution in [3.63, 3.8) is 0 Å². The van der Waals surface area contributed by atoms with E-state index >= 15 is 0 Å². The van der Waals surface area contributed by atoms with E-state index in [1.54, 1.807) is 6.20 Å². The fourth-order valence-electron chi connectivity index (χ4n) is 2.42. The van der Waals surface area contributed by atoms with E-state index in [0.717, 1.165) is 18.5 Å². The molecule has 4 nitrogen and oxygen atoms in total. The van der Waals surface area contributed by atoms with E-state index in [-0.39, 0.29) is 5.91 Å². The number of hydrogen-bond donors (Lipinski definition) is 1. The van der Waals surface area contributed by atoms with Crippen molar-refractivity contribution in [2.24, 2.45) is 0 Å². The minimum atomic E-state index is -0.219. The second-order valence-electron chi connectivity index (χ2n) is 4.74. The van der Waals surface area contributed by atoms with Crippen LogP contribution in [0.5, 0.6) is 0 Å². The van der Waals surface area contributed by atoms with E-state index < -0.39 is 0 Å². The number of carbonyl (C=O) groups is 1. The summed E-state index contributed by atoms with van der Waals surface area (Å²) < 4.78 is 0. The highest BCUT2D eigenvalue weighted by atomic mass is 16.1. The van der Waals surface area contributed by atoms with Crippen LogP contribution in [-0.2, 0) is 12.8 Å². The molecule has 0 atom stereocenters. The summed E-state index contributed by atoms with van der Waals surface area (Å²) in [6.07, 6.45) is 9.27. The Morgan fingerprint density at radius 3 is 2.74 bits per heavy atom. The Labute approximate surface area is 111 Å². The van der Waals surface area contributed by atoms with Gasteiger partial charge in [0.2, 0.25) is 0 Å². The molecule has 1 aromatic heterocycles. The van der Waals surface area contributed by atoms with Gasteiger partial charge in [-0.3, -0.25) is 9.78 Å². The van der Waals surface area contributed by atoms with Crippen LogP contribution in [0.4, 0.5) is 5.69 Å². The molecular formula is C15H15N3O. The van der Waals surface area contributed by atoms with Crippen LogP contribution >= 0.6 is 0 Å². The molecule has 0 bridgehead atoms. The van der Waals surface area contributed by atoms with Gasteiger partial charge >= 0.3 is 0 Å². The molecule has 0 unspecified atom stereocenters. The summed E-state index contributed by atoms with van der Waals surface area (Å²) in [5.74, 6) is -0.219. The largest absolute Gasteiger partial charge is 0.321 e. The van der Waals surface area contributed by atoms with Gasteiger partial charge in [0, 0.05) is 18.1 Å². The van der Waals surface area contributed by atoms with E-state index in [2.05, 4.69) is 27.4 Å². The minimum Gasteiger partial charge on any atom is -0.321 e. The van der Waals surface area contributed by atoms with Gasteiger partial charge in [-0.05, 0) is 48.9 Å². The lowest BCUT2D eigenvalue weighted by atomic mass is 9.91. The summed E-state index contributed by atoms with van der Waals surface area (Å²) in [5, 5.41) is 2.87. The average Bonchev–Trinajstić information content (AvgIpc) is 2.48. The molecule has 1 aliphatic rings. The highest BCUT2D eigenvalue weighted by molar-refractivity contribution is 6.02. The normalized spacial score (nSPS) is 13.7. The van der Waals surface area contributed by atoms with Crippen LogP contribution in [0.15, 0.2) is 36.8 Å². The Hall–Kier alpha value is -2.23. The number of carbonyl (C=O) groups excluding carboxylic acids is 1. The highest BCUT2D eigenvalue weighted by Gasteiger charge is 2.11. The molecule has 1 aromatic carbocycles. The van der Waals surface area contributed by atoms with E-state index in [1.807, 2.05) is 6.07 Å². The maximum atomic E-state index is 12.0. The number of rotatable bonds is 2. The van der Waals surface area contributed by atoms with Crippen molar-refractivity contribution in [2.75, 3.05) is 5.32 Å². The van der Waals surface area contributed by atoms with Crippen LogP contribution < -0.4 is 5.32 Å². The van der Waals surface area contributed by atoms with Crippen molar-refractivity contribution >= 4 is 11.6 Å². The van der Waals surface area contributed by atoms with Gasteiger partial charge < -0.3 is 5.32 Å². The molecule has 1 aliphatic carbocycles. The summed E-state index contributed by atoms with van der Waals surface area (Å²) in [5.41, 5.74) is 3.92. The first kappa shape index (κ1) is 11.8. The fraction of sp³-hybridized carbons (Fsp3) is 0.267. The van der Waals surface area contributed by atoms with Gasteiger partial charge in [-0.25, -0.2) is 4.98 Å². The van der Waals surface area contributed by atoms with Crippen LogP contribution in [-0.4, -0.2) is 15.9 Å². The van der Waals surface area contributed by atoms with Crippen molar-refractivity contribution in [2.45, 2.75) is 25.7 Å². The lowest BCUT2D eigenvalue weighted by molar-refractivity contribution is 0.102. The van der Waals surface area contributed by atoms with Gasteiger partial charge in [-0.15, -0.1) is 0 Å². The Kier molecular flexibility index (Phi) is 3.23. The van der Waals surface area contributed by atoms with Gasteiger partial charge in [0.15, 0.2) is 0 Å². The third kappa shape index (κ3) is 2.62. The summed E-state index contributed by atoms with van der Waals surface area (Å²) >= 11 is 0. The number of nitrogens with one attached hydrogen (secondary N) is 1. The molecule has 2 aromatic rings. The van der Waals surface area contributed by atoms with Gasteiger partial charge in [0.05, 0.1) is 6.20 Å². The number of fused-ring (bicyclic) bond motifs is 1. The summed E-state index contributed by atoms with van der Waals surface area (Å²) in [6, 6.07) is 6.14. The first-order valence-corrected chi connectivity index (χ1v) is 6.52. The predicted molar refractivity (Wildman–Crippen MR) is 73.1 cm³/mol. The van der Waals surface area contributed by atoms with Crippen LogP contribution in [0.25, 0.3) is 0 Å². The summed E-state index contributed by atoms with van der Waals surface area (Å²) in [7, 11) is 0. The maximum absolute atomic E-state index is 12.0. The fourth-order valence-corrected chi connectivity index (χ4v) is 2.42. The molecule has 0 radical (unpaired) electrons. The SMILES string of the molecule is O=C(Nc1ccc2c(c1)CCCC2)c1cnccn1. The second kappa shape index (κ2) is 5.18. The number of benzene rings is 1. The molecule has 1 amide bonds. The molecule has 0 saturated heterocycles. The number of nitrogens with zero attached hydrogens (tertiary/aromatic N) is 2. The molecular weight excluding hydrogens is 238 g/mol. The topological polar surface area (TPSA) is 54.9 Å². The number of aryl methyl sites for hydroxylation is 2. The van der Waals surface area contributed by atoms with Gasteiger partial charge in [0.1, 0.15) is 5.69 Å². The van der Waals surface area contributed by atoms with Crippen LogP contribution in [0.1, 0.15) is 34.5 Å². The maximum Gasteiger partial charge on any atom is 0.275 e. The monoisotopic (exact) mass is 253 g/mol. The van der Waals surface area contributed by atoms with E-state index in [0.29, 0.717) is 5.69 Å². The summed E-state index contributed by atoms with van der Waals surface area (Å²) in [4.78, 5) is 19.9. The lowest BCUT2D eigenvalue weighted by Crippen LogP contribution is -2.14. The smallest absolute Gasteiger partial charge is 0.275 e. The molecule has 0 spiro atoms. The number of anilines is 1. The van der Waals surface area contributed by atoms with Crippen molar-refractivity contribution in [1.29, 1.82) is 0 Å². The quantitative estimate of drug-likeness (QED) is 0.895. The molecule has 4 heteroatoms. The Morgan fingerprint density at radius 2 is 1.95 bits per heavy atom. The standard InChI is InChI=1S/C15H15N3O/c19-15(14-10-16-7-8-17-14)18-13-6-5-11-3-1-2-4-12(11)9-13/h5-10H,1-4H2,(H,18,19). The number of hydrogen-bond acceptors (Lipinski definition) is 3. The number of aromatic nitrogens is 2. The van der Waals surface area contributed by atoms with Crippen LogP contribution in [0, 0.1) is 0 Å². The zero-order valence-corrected chi connectivity index (χ0v) is 10.6. The molecule has 1 heterocycles. The minimum absolute atomic E-state index is 0.219. The molecule has 19 heavy (non-hydrogen) atoms. The Balaban J connectivity index is 1.78. The summed E-state index contributed by atoms with van der Waals surface area (Å²) in [6.45, 7) is 0. The van der Waals surface area contributed by atoms with Gasteiger partial charge in [-0.1, -0.05) is 6.07 Å². The Bertz CT molecular complexity index is 596. The zero-order chi connectivity index (χ0) is 13.1. The third-order valence-corrected chi connectivity index (χ3v) is 3.40. The first-order chi connectivity index (χ1) is 9.33. The molecule has 0 saturated carbocycles. The zero-order valence-electron chi connectivity index (χ0n) is 10.6. The molecule has 1 N–H and O–H groups in total. The van der Waals surface area contributed by atoms with E-state index in [1.165, 1.54) is 36.4 Å². The average molecular weight is 253 g/mol. The van der Waals surface area contributed by atoms with E-state index in [9.17, 15) is 4.79 Å². The van der Waals surface area contributed by atoms with Crippen molar-refractivity contribution in [3.05, 3.63) is 53.6 Å². The second-order valence-corrected chi connectivity index (χ2v) is 4.74. The van der Waals surface area contributed by atoms with Crippen molar-refractivity contribution in [1.82, 2.24) is 9.97 Å². The van der Waals surface area contributed by atoms with Crippen molar-refractivity contribution < 1.29 is 4.79 Å². The number of amides is 1. The first-order valence-electron chi connectivity index (χ1n) is 6.52. The molecule has 96 valence electrons. The van der Waals surface area contributed by atoms with Gasteiger partial charge in [-0.2, -0.15) is 0 Å². The predicted octanol–water partition coefficient (Wildman–Crippen LogP) is 2.61. The molecule has 0 fully saturated rings. The van der Waals surface area contributed by atoms with Crippen LogP contribution in [0.2, 0.25) is 0 Å². The Morgan fingerprint density at radius 1 is 1.11 bits per heavy atom. The molecule has 0 aliphatic heterocycles.